The molecule has 1 saturated carbocycles. The number of amides is 1. The Kier molecular flexibility index (Phi) is 3.61. The molecule has 1 amide bonds. The lowest BCUT2D eigenvalue weighted by molar-refractivity contribution is -0.130. The summed E-state index contributed by atoms with van der Waals surface area (Å²) < 4.78 is 0. The maximum Gasteiger partial charge on any atom is 0.304 e. The van der Waals surface area contributed by atoms with E-state index in [4.69, 9.17) is 0 Å². The minimum atomic E-state index is -0.0734. The summed E-state index contributed by atoms with van der Waals surface area (Å²) in [7, 11) is 0. The monoisotopic (exact) mass is 268 g/mol. The molecule has 1 heterocycles. The van der Waals surface area contributed by atoms with Crippen LogP contribution in [-0.2, 0) is 11.3 Å². The average Bonchev–Trinajstić information content (AvgIpc) is 2.56. The van der Waals surface area contributed by atoms with Crippen LogP contribution in [0.5, 0.6) is 0 Å². The van der Waals surface area contributed by atoms with Crippen molar-refractivity contribution in [3.05, 3.63) is 20.7 Å². The summed E-state index contributed by atoms with van der Waals surface area (Å²) in [6, 6.07) is 0. The first-order valence-electron chi connectivity index (χ1n) is 6.30. The lowest BCUT2D eigenvalue weighted by atomic mass is 9.63. The van der Waals surface area contributed by atoms with E-state index in [-0.39, 0.29) is 16.7 Å². The molecule has 1 aliphatic carbocycles. The fraction of sp³-hybridized carbons (Fsp3) is 0.692. The van der Waals surface area contributed by atoms with Gasteiger partial charge in [0.15, 0.2) is 0 Å². The molecule has 100 valence electrons. The molecule has 4 nitrogen and oxygen atoms in total. The Morgan fingerprint density at radius 1 is 1.50 bits per heavy atom. The van der Waals surface area contributed by atoms with E-state index in [1.807, 2.05) is 0 Å². The SMILES string of the molecule is CC(C)(C)C1CC(C(=O)NCc2csc(=O)[nH]2)C1. The molecule has 1 aromatic rings. The van der Waals surface area contributed by atoms with Crippen LogP contribution in [0.1, 0.15) is 39.3 Å². The number of H-pyrrole nitrogens is 1. The molecule has 18 heavy (non-hydrogen) atoms. The maximum atomic E-state index is 11.9. The molecule has 0 saturated heterocycles. The third-order valence-corrected chi connectivity index (χ3v) is 4.48. The van der Waals surface area contributed by atoms with Gasteiger partial charge in [-0.3, -0.25) is 9.59 Å². The van der Waals surface area contributed by atoms with Gasteiger partial charge in [-0.25, -0.2) is 0 Å². The van der Waals surface area contributed by atoms with Crippen LogP contribution in [0.4, 0.5) is 0 Å². The van der Waals surface area contributed by atoms with Crippen molar-refractivity contribution in [1.29, 1.82) is 0 Å². The Morgan fingerprint density at radius 3 is 2.67 bits per heavy atom. The molecule has 2 N–H and O–H groups in total. The number of carbonyl (C=O) groups excluding carboxylic acids is 1. The van der Waals surface area contributed by atoms with Crippen LogP contribution in [0.3, 0.4) is 0 Å². The second-order valence-corrected chi connectivity index (χ2v) is 6.96. The zero-order valence-electron chi connectivity index (χ0n) is 11.1. The molecule has 0 unspecified atom stereocenters. The highest BCUT2D eigenvalue weighted by Crippen LogP contribution is 2.45. The van der Waals surface area contributed by atoms with Crippen molar-refractivity contribution < 1.29 is 4.79 Å². The standard InChI is InChI=1S/C13H20N2O2S/c1-13(2,3)9-4-8(5-9)11(16)14-6-10-7-18-12(17)15-10/h7-9H,4-6H2,1-3H3,(H,14,16)(H,15,17). The van der Waals surface area contributed by atoms with Crippen molar-refractivity contribution in [2.24, 2.45) is 17.3 Å². The smallest absolute Gasteiger partial charge is 0.304 e. The molecular weight excluding hydrogens is 248 g/mol. The highest BCUT2D eigenvalue weighted by atomic mass is 32.1. The minimum Gasteiger partial charge on any atom is -0.350 e. The topological polar surface area (TPSA) is 62.0 Å². The molecule has 0 radical (unpaired) electrons. The van der Waals surface area contributed by atoms with Crippen molar-refractivity contribution in [2.75, 3.05) is 0 Å². The van der Waals surface area contributed by atoms with E-state index in [1.165, 1.54) is 0 Å². The van der Waals surface area contributed by atoms with E-state index >= 15 is 0 Å². The van der Waals surface area contributed by atoms with Crippen molar-refractivity contribution in [3.8, 4) is 0 Å². The second-order valence-electron chi connectivity index (χ2n) is 6.12. The van der Waals surface area contributed by atoms with E-state index in [2.05, 4.69) is 31.1 Å². The molecule has 1 fully saturated rings. The Morgan fingerprint density at radius 2 is 2.17 bits per heavy atom. The van der Waals surface area contributed by atoms with Crippen LogP contribution in [0.15, 0.2) is 10.2 Å². The van der Waals surface area contributed by atoms with Crippen LogP contribution in [0, 0.1) is 17.3 Å². The van der Waals surface area contributed by atoms with Crippen LogP contribution in [-0.4, -0.2) is 10.9 Å². The highest BCUT2D eigenvalue weighted by molar-refractivity contribution is 7.07. The van der Waals surface area contributed by atoms with Crippen molar-refractivity contribution in [3.63, 3.8) is 0 Å². The largest absolute Gasteiger partial charge is 0.350 e. The number of rotatable bonds is 3. The van der Waals surface area contributed by atoms with Gasteiger partial charge in [-0.1, -0.05) is 32.1 Å². The van der Waals surface area contributed by atoms with E-state index < -0.39 is 0 Å². The number of aromatic nitrogens is 1. The maximum absolute atomic E-state index is 11.9. The van der Waals surface area contributed by atoms with E-state index in [9.17, 15) is 9.59 Å². The van der Waals surface area contributed by atoms with Gasteiger partial charge in [-0.2, -0.15) is 0 Å². The van der Waals surface area contributed by atoms with Crippen molar-refractivity contribution >= 4 is 17.2 Å². The number of nitrogens with one attached hydrogen (secondary N) is 2. The number of hydrogen-bond acceptors (Lipinski definition) is 3. The van der Waals surface area contributed by atoms with Crippen molar-refractivity contribution in [1.82, 2.24) is 10.3 Å². The third kappa shape index (κ3) is 3.02. The zero-order valence-corrected chi connectivity index (χ0v) is 11.9. The molecule has 0 aliphatic heterocycles. The first kappa shape index (κ1) is 13.3. The number of aromatic amines is 1. The van der Waals surface area contributed by atoms with Gasteiger partial charge in [0.25, 0.3) is 0 Å². The second kappa shape index (κ2) is 4.88. The summed E-state index contributed by atoms with van der Waals surface area (Å²) in [5.74, 6) is 0.913. The first-order valence-corrected chi connectivity index (χ1v) is 7.18. The summed E-state index contributed by atoms with van der Waals surface area (Å²) in [5, 5.41) is 4.64. The van der Waals surface area contributed by atoms with Crippen LogP contribution in [0.2, 0.25) is 0 Å². The van der Waals surface area contributed by atoms with E-state index in [0.29, 0.717) is 17.9 Å². The predicted octanol–water partition coefficient (Wildman–Crippen LogP) is 2.12. The Labute approximate surface area is 111 Å². The van der Waals surface area contributed by atoms with Gasteiger partial charge < -0.3 is 10.3 Å². The summed E-state index contributed by atoms with van der Waals surface area (Å²) in [4.78, 5) is 25.4. The molecule has 0 bridgehead atoms. The first-order chi connectivity index (χ1) is 8.36. The lowest BCUT2D eigenvalue weighted by Crippen LogP contribution is -2.42. The molecule has 0 aromatic carbocycles. The lowest BCUT2D eigenvalue weighted by Gasteiger charge is -2.42. The molecule has 5 heteroatoms. The van der Waals surface area contributed by atoms with Gasteiger partial charge in [0.05, 0.1) is 6.54 Å². The number of hydrogen-bond donors (Lipinski definition) is 2. The third-order valence-electron chi connectivity index (χ3n) is 3.76. The van der Waals surface area contributed by atoms with Gasteiger partial charge in [-0.05, 0) is 24.2 Å². The molecule has 0 atom stereocenters. The average molecular weight is 268 g/mol. The summed E-state index contributed by atoms with van der Waals surface area (Å²) in [6.45, 7) is 7.10. The van der Waals surface area contributed by atoms with Gasteiger partial charge >= 0.3 is 4.87 Å². The Bertz CT molecular complexity index is 478. The van der Waals surface area contributed by atoms with Crippen LogP contribution in [0.25, 0.3) is 0 Å². The number of thiazole rings is 1. The molecule has 0 spiro atoms. The fourth-order valence-corrected chi connectivity index (χ4v) is 2.85. The predicted molar refractivity (Wildman–Crippen MR) is 72.5 cm³/mol. The highest BCUT2D eigenvalue weighted by Gasteiger charge is 2.40. The van der Waals surface area contributed by atoms with Crippen LogP contribution >= 0.6 is 11.3 Å². The summed E-state index contributed by atoms with van der Waals surface area (Å²) in [6.07, 6.45) is 1.96. The normalized spacial score (nSPS) is 23.5. The number of carbonyl (C=O) groups is 1. The van der Waals surface area contributed by atoms with Crippen molar-refractivity contribution in [2.45, 2.75) is 40.2 Å². The van der Waals surface area contributed by atoms with Gasteiger partial charge in [0, 0.05) is 17.0 Å². The fourth-order valence-electron chi connectivity index (χ4n) is 2.27. The quantitative estimate of drug-likeness (QED) is 0.882. The van der Waals surface area contributed by atoms with E-state index in [0.717, 1.165) is 29.9 Å². The van der Waals surface area contributed by atoms with E-state index in [1.54, 1.807) is 5.38 Å². The van der Waals surface area contributed by atoms with Crippen LogP contribution < -0.4 is 10.2 Å². The van der Waals surface area contributed by atoms with Gasteiger partial charge in [0.2, 0.25) is 5.91 Å². The molecule has 1 aromatic heterocycles. The molecular formula is C13H20N2O2S. The minimum absolute atomic E-state index is 0.0734. The van der Waals surface area contributed by atoms with Gasteiger partial charge in [-0.15, -0.1) is 0 Å². The van der Waals surface area contributed by atoms with Gasteiger partial charge in [0.1, 0.15) is 0 Å². The summed E-state index contributed by atoms with van der Waals surface area (Å²) >= 11 is 1.13. The Hall–Kier alpha value is -1.10. The molecule has 2 rings (SSSR count). The molecule has 1 aliphatic rings. The Balaban J connectivity index is 1.76. The zero-order chi connectivity index (χ0) is 13.3. The summed E-state index contributed by atoms with van der Waals surface area (Å²) in [5.41, 5.74) is 1.08.